The Morgan fingerprint density at radius 2 is 1.93 bits per heavy atom. The first-order valence-corrected chi connectivity index (χ1v) is 7.73. The quantitative estimate of drug-likeness (QED) is 0.743. The van der Waals surface area contributed by atoms with Crippen LogP contribution in [-0.2, 0) is 0 Å². The minimum Gasteiger partial charge on any atom is -0.313 e. The lowest BCUT2D eigenvalue weighted by Crippen LogP contribution is -2.42. The minimum absolute atomic E-state index is 0.556. The van der Waals surface area contributed by atoms with Crippen LogP contribution in [0.15, 0.2) is 0 Å². The summed E-state index contributed by atoms with van der Waals surface area (Å²) >= 11 is 2.09. The summed E-state index contributed by atoms with van der Waals surface area (Å²) in [5.41, 5.74) is 0. The Hall–Kier alpha value is 0.310. The molecule has 1 fully saturated rings. The third-order valence-corrected chi connectivity index (χ3v) is 5.11. The lowest BCUT2D eigenvalue weighted by Gasteiger charge is -2.37. The van der Waals surface area contributed by atoms with E-state index in [1.54, 1.807) is 0 Å². The van der Waals surface area contributed by atoms with Crippen LogP contribution in [0.3, 0.4) is 0 Å². The van der Waals surface area contributed by atoms with Crippen LogP contribution in [0.1, 0.15) is 58.8 Å². The Balaban J connectivity index is 2.32. The highest BCUT2D eigenvalue weighted by molar-refractivity contribution is 8.00. The van der Waals surface area contributed by atoms with E-state index in [4.69, 9.17) is 0 Å². The molecule has 0 aromatic heterocycles. The molecular formula is C13H27NS. The van der Waals surface area contributed by atoms with Crippen molar-refractivity contribution in [3.63, 3.8) is 0 Å². The molecule has 2 heteroatoms. The molecule has 1 atom stereocenters. The molecule has 15 heavy (non-hydrogen) atoms. The average molecular weight is 229 g/mol. The Bertz CT molecular complexity index is 164. The van der Waals surface area contributed by atoms with Gasteiger partial charge in [0.15, 0.2) is 0 Å². The summed E-state index contributed by atoms with van der Waals surface area (Å²) in [6.45, 7) is 5.80. The fourth-order valence-corrected chi connectivity index (χ4v) is 3.47. The van der Waals surface area contributed by atoms with Gasteiger partial charge in [0, 0.05) is 17.3 Å². The molecule has 0 amide bonds. The summed E-state index contributed by atoms with van der Waals surface area (Å²) in [5.74, 6) is 0. The van der Waals surface area contributed by atoms with Gasteiger partial charge in [-0.25, -0.2) is 0 Å². The molecule has 0 spiro atoms. The summed E-state index contributed by atoms with van der Waals surface area (Å²) in [6.07, 6.45) is 12.0. The molecule has 1 N–H and O–H groups in total. The molecule has 1 unspecified atom stereocenters. The molecule has 1 rings (SSSR count). The van der Waals surface area contributed by atoms with Crippen molar-refractivity contribution in [1.29, 1.82) is 0 Å². The Morgan fingerprint density at radius 3 is 2.47 bits per heavy atom. The fraction of sp³-hybridized carbons (Fsp3) is 1.00. The molecule has 90 valence electrons. The van der Waals surface area contributed by atoms with Crippen LogP contribution in [0.4, 0.5) is 0 Å². The molecule has 0 aromatic rings. The van der Waals surface area contributed by atoms with Crippen molar-refractivity contribution in [2.24, 2.45) is 0 Å². The molecule has 0 bridgehead atoms. The molecule has 0 saturated heterocycles. The zero-order valence-corrected chi connectivity index (χ0v) is 11.5. The molecule has 0 heterocycles. The average Bonchev–Trinajstić information content (AvgIpc) is 2.28. The highest BCUT2D eigenvalue weighted by Crippen LogP contribution is 2.38. The van der Waals surface area contributed by atoms with Crippen LogP contribution in [0, 0.1) is 0 Å². The van der Waals surface area contributed by atoms with Gasteiger partial charge in [0.2, 0.25) is 0 Å². The van der Waals surface area contributed by atoms with Crippen molar-refractivity contribution in [2.75, 3.05) is 12.8 Å². The molecule has 0 radical (unpaired) electrons. The van der Waals surface area contributed by atoms with Crippen LogP contribution >= 0.6 is 11.8 Å². The van der Waals surface area contributed by atoms with E-state index in [-0.39, 0.29) is 0 Å². The first-order chi connectivity index (χ1) is 7.22. The maximum absolute atomic E-state index is 3.72. The zero-order valence-electron chi connectivity index (χ0n) is 10.6. The van der Waals surface area contributed by atoms with Crippen molar-refractivity contribution in [1.82, 2.24) is 5.32 Å². The van der Waals surface area contributed by atoms with Crippen molar-refractivity contribution < 1.29 is 0 Å². The highest BCUT2D eigenvalue weighted by atomic mass is 32.2. The van der Waals surface area contributed by atoms with Crippen molar-refractivity contribution in [3.05, 3.63) is 0 Å². The van der Waals surface area contributed by atoms with Gasteiger partial charge in [-0.05, 0) is 32.4 Å². The SMILES string of the molecule is CCCC(C)NCC1(SC)CCCCC1. The van der Waals surface area contributed by atoms with Crippen molar-refractivity contribution >= 4 is 11.8 Å². The van der Waals surface area contributed by atoms with E-state index in [1.165, 1.54) is 51.5 Å². The van der Waals surface area contributed by atoms with E-state index in [0.717, 1.165) is 0 Å². The van der Waals surface area contributed by atoms with Crippen LogP contribution in [0.2, 0.25) is 0 Å². The van der Waals surface area contributed by atoms with E-state index in [2.05, 4.69) is 37.2 Å². The number of nitrogens with one attached hydrogen (secondary N) is 1. The fourth-order valence-electron chi connectivity index (χ4n) is 2.54. The standard InChI is InChI=1S/C13H27NS/c1-4-8-12(2)14-11-13(15-3)9-6-5-7-10-13/h12,14H,4-11H2,1-3H3. The van der Waals surface area contributed by atoms with Crippen LogP contribution in [0.25, 0.3) is 0 Å². The van der Waals surface area contributed by atoms with Crippen molar-refractivity contribution in [2.45, 2.75) is 69.6 Å². The lowest BCUT2D eigenvalue weighted by atomic mass is 9.88. The molecule has 0 aromatic carbocycles. The molecule has 1 aliphatic rings. The lowest BCUT2D eigenvalue weighted by molar-refractivity contribution is 0.360. The van der Waals surface area contributed by atoms with Crippen LogP contribution in [-0.4, -0.2) is 23.6 Å². The maximum atomic E-state index is 3.72. The summed E-state index contributed by atoms with van der Waals surface area (Å²) in [7, 11) is 0. The molecule has 1 nitrogen and oxygen atoms in total. The van der Waals surface area contributed by atoms with Gasteiger partial charge in [0.05, 0.1) is 0 Å². The van der Waals surface area contributed by atoms with Gasteiger partial charge < -0.3 is 5.32 Å². The predicted octanol–water partition coefficient (Wildman–Crippen LogP) is 3.83. The van der Waals surface area contributed by atoms with Crippen LogP contribution < -0.4 is 5.32 Å². The summed E-state index contributed by atoms with van der Waals surface area (Å²) < 4.78 is 0.556. The molecule has 0 aliphatic heterocycles. The van der Waals surface area contributed by atoms with Gasteiger partial charge in [-0.1, -0.05) is 32.6 Å². The van der Waals surface area contributed by atoms with E-state index in [0.29, 0.717) is 10.8 Å². The minimum atomic E-state index is 0.556. The second-order valence-corrected chi connectivity index (χ2v) is 6.29. The monoisotopic (exact) mass is 229 g/mol. The Kier molecular flexibility index (Phi) is 6.06. The summed E-state index contributed by atoms with van der Waals surface area (Å²) in [4.78, 5) is 0. The van der Waals surface area contributed by atoms with Gasteiger partial charge in [-0.3, -0.25) is 0 Å². The summed E-state index contributed by atoms with van der Waals surface area (Å²) in [5, 5.41) is 3.72. The second kappa shape index (κ2) is 6.80. The number of rotatable bonds is 6. The number of hydrogen-bond donors (Lipinski definition) is 1. The first kappa shape index (κ1) is 13.4. The highest BCUT2D eigenvalue weighted by Gasteiger charge is 2.30. The second-order valence-electron chi connectivity index (χ2n) is 5.02. The van der Waals surface area contributed by atoms with Gasteiger partial charge in [-0.2, -0.15) is 11.8 Å². The maximum Gasteiger partial charge on any atom is 0.0281 e. The topological polar surface area (TPSA) is 12.0 Å². The zero-order chi connectivity index (χ0) is 11.1. The molecule has 1 saturated carbocycles. The predicted molar refractivity (Wildman–Crippen MR) is 71.7 cm³/mol. The van der Waals surface area contributed by atoms with E-state index in [9.17, 15) is 0 Å². The van der Waals surface area contributed by atoms with Crippen LogP contribution in [0.5, 0.6) is 0 Å². The van der Waals surface area contributed by atoms with Gasteiger partial charge in [0.1, 0.15) is 0 Å². The van der Waals surface area contributed by atoms with Gasteiger partial charge in [0.25, 0.3) is 0 Å². The van der Waals surface area contributed by atoms with E-state index in [1.807, 2.05) is 0 Å². The normalized spacial score (nSPS) is 22.6. The molecular weight excluding hydrogens is 202 g/mol. The largest absolute Gasteiger partial charge is 0.313 e. The summed E-state index contributed by atoms with van der Waals surface area (Å²) in [6, 6.07) is 0.695. The first-order valence-electron chi connectivity index (χ1n) is 6.51. The van der Waals surface area contributed by atoms with Gasteiger partial charge in [-0.15, -0.1) is 0 Å². The smallest absolute Gasteiger partial charge is 0.0281 e. The van der Waals surface area contributed by atoms with Crippen molar-refractivity contribution in [3.8, 4) is 0 Å². The van der Waals surface area contributed by atoms with E-state index < -0.39 is 0 Å². The number of hydrogen-bond acceptors (Lipinski definition) is 2. The number of thioether (sulfide) groups is 1. The Morgan fingerprint density at radius 1 is 1.27 bits per heavy atom. The van der Waals surface area contributed by atoms with Gasteiger partial charge >= 0.3 is 0 Å². The third kappa shape index (κ3) is 4.36. The third-order valence-electron chi connectivity index (χ3n) is 3.69. The Labute approximate surface area is 99.8 Å². The molecule has 1 aliphatic carbocycles. The van der Waals surface area contributed by atoms with E-state index >= 15 is 0 Å².